The summed E-state index contributed by atoms with van der Waals surface area (Å²) >= 11 is 0. The Morgan fingerprint density at radius 2 is 1.52 bits per heavy atom. The zero-order valence-electron chi connectivity index (χ0n) is 13.9. The van der Waals surface area contributed by atoms with Gasteiger partial charge in [0.05, 0.1) is 0 Å². The first-order chi connectivity index (χ1) is 10.3. The number of aromatic nitrogens is 2. The van der Waals surface area contributed by atoms with Crippen molar-refractivity contribution in [2.45, 2.75) is 90.5 Å². The molecule has 1 rings (SSSR count). The van der Waals surface area contributed by atoms with Gasteiger partial charge in [-0.25, -0.2) is 9.78 Å². The van der Waals surface area contributed by atoms with E-state index in [-0.39, 0.29) is 5.69 Å². The molecule has 1 unspecified atom stereocenters. The zero-order chi connectivity index (χ0) is 15.3. The summed E-state index contributed by atoms with van der Waals surface area (Å²) in [7, 11) is 0. The van der Waals surface area contributed by atoms with Crippen LogP contribution in [0.25, 0.3) is 0 Å². The highest BCUT2D eigenvalue weighted by molar-refractivity contribution is 4.85. The molecule has 3 nitrogen and oxygen atoms in total. The lowest BCUT2D eigenvalue weighted by Gasteiger charge is -2.19. The van der Waals surface area contributed by atoms with Gasteiger partial charge in [0, 0.05) is 18.4 Å². The number of rotatable bonds is 12. The fourth-order valence-electron chi connectivity index (χ4n) is 2.86. The normalized spacial score (nSPS) is 12.5. The molecule has 0 saturated heterocycles. The van der Waals surface area contributed by atoms with Crippen molar-refractivity contribution in [3.05, 3.63) is 28.9 Å². The molecule has 0 amide bonds. The Hall–Kier alpha value is -1.12. The van der Waals surface area contributed by atoms with Crippen LogP contribution in [0.5, 0.6) is 0 Å². The lowest BCUT2D eigenvalue weighted by Crippen LogP contribution is -2.26. The van der Waals surface area contributed by atoms with Crippen molar-refractivity contribution in [1.82, 2.24) is 9.55 Å². The maximum absolute atomic E-state index is 11.9. The highest BCUT2D eigenvalue weighted by atomic mass is 16.1. The molecule has 0 bridgehead atoms. The van der Waals surface area contributed by atoms with Crippen LogP contribution in [-0.2, 0) is 0 Å². The summed E-state index contributed by atoms with van der Waals surface area (Å²) in [6.07, 6.45) is 17.2. The zero-order valence-corrected chi connectivity index (χ0v) is 13.9. The number of unbranched alkanes of at least 4 members (excludes halogenated alkanes) is 7. The minimum absolute atomic E-state index is 0.0912. The lowest BCUT2D eigenvalue weighted by molar-refractivity contribution is 0.383. The number of hydrogen-bond donors (Lipinski definition) is 0. The maximum atomic E-state index is 11.9. The van der Waals surface area contributed by atoms with Crippen LogP contribution in [0.2, 0.25) is 0 Å². The molecule has 1 aromatic rings. The Morgan fingerprint density at radius 3 is 2.10 bits per heavy atom. The van der Waals surface area contributed by atoms with Gasteiger partial charge in [0.25, 0.3) is 0 Å². The van der Waals surface area contributed by atoms with E-state index in [0.29, 0.717) is 6.04 Å². The molecule has 120 valence electrons. The molecule has 0 fully saturated rings. The summed E-state index contributed by atoms with van der Waals surface area (Å²) in [4.78, 5) is 15.8. The topological polar surface area (TPSA) is 34.9 Å². The van der Waals surface area contributed by atoms with Crippen molar-refractivity contribution >= 4 is 0 Å². The quantitative estimate of drug-likeness (QED) is 0.501. The van der Waals surface area contributed by atoms with Gasteiger partial charge in [-0.15, -0.1) is 0 Å². The third-order valence-electron chi connectivity index (χ3n) is 4.16. The van der Waals surface area contributed by atoms with Gasteiger partial charge in [-0.05, 0) is 18.9 Å². The van der Waals surface area contributed by atoms with Gasteiger partial charge < -0.3 is 0 Å². The molecule has 1 heterocycles. The van der Waals surface area contributed by atoms with Crippen molar-refractivity contribution in [2.75, 3.05) is 0 Å². The maximum Gasteiger partial charge on any atom is 0.347 e. The smallest absolute Gasteiger partial charge is 0.296 e. The molecule has 1 atom stereocenters. The average molecular weight is 292 g/mol. The van der Waals surface area contributed by atoms with Gasteiger partial charge in [0.15, 0.2) is 0 Å². The van der Waals surface area contributed by atoms with Gasteiger partial charge in [0.1, 0.15) is 0 Å². The highest BCUT2D eigenvalue weighted by Gasteiger charge is 2.12. The van der Waals surface area contributed by atoms with Crippen LogP contribution >= 0.6 is 0 Å². The molecule has 0 spiro atoms. The van der Waals surface area contributed by atoms with Crippen molar-refractivity contribution in [1.29, 1.82) is 0 Å². The van der Waals surface area contributed by atoms with Crippen LogP contribution in [0.4, 0.5) is 0 Å². The van der Waals surface area contributed by atoms with E-state index in [9.17, 15) is 4.79 Å². The van der Waals surface area contributed by atoms with Crippen LogP contribution in [0, 0.1) is 0 Å². The van der Waals surface area contributed by atoms with Crippen molar-refractivity contribution in [3.63, 3.8) is 0 Å². The summed E-state index contributed by atoms with van der Waals surface area (Å²) < 4.78 is 1.85. The molecule has 0 aliphatic carbocycles. The fourth-order valence-corrected chi connectivity index (χ4v) is 2.86. The second-order valence-electron chi connectivity index (χ2n) is 6.02. The lowest BCUT2D eigenvalue weighted by atomic mass is 10.0. The third kappa shape index (κ3) is 7.45. The monoisotopic (exact) mass is 292 g/mol. The van der Waals surface area contributed by atoms with Gasteiger partial charge >= 0.3 is 5.69 Å². The predicted molar refractivity (Wildman–Crippen MR) is 89.7 cm³/mol. The van der Waals surface area contributed by atoms with Crippen LogP contribution in [0.1, 0.15) is 90.5 Å². The summed E-state index contributed by atoms with van der Waals surface area (Å²) in [5, 5.41) is 0. The van der Waals surface area contributed by atoms with E-state index < -0.39 is 0 Å². The Kier molecular flexibility index (Phi) is 9.84. The molecule has 1 aromatic heterocycles. The first-order valence-electron chi connectivity index (χ1n) is 8.82. The molecule has 0 aliphatic rings. The molecule has 0 aliphatic heterocycles. The summed E-state index contributed by atoms with van der Waals surface area (Å²) in [6.45, 7) is 4.47. The Balaban J connectivity index is 2.49. The van der Waals surface area contributed by atoms with Crippen LogP contribution in [-0.4, -0.2) is 9.55 Å². The minimum Gasteiger partial charge on any atom is -0.296 e. The third-order valence-corrected chi connectivity index (χ3v) is 4.16. The first kappa shape index (κ1) is 17.9. The summed E-state index contributed by atoms with van der Waals surface area (Å²) in [6, 6.07) is 2.21. The average Bonchev–Trinajstić information content (AvgIpc) is 2.50. The largest absolute Gasteiger partial charge is 0.347 e. The standard InChI is InChI=1S/C18H32N2O/c1-3-5-7-9-11-14-17(13-10-8-6-4-2)20-16-12-15-19-18(20)21/h12,15-17H,3-11,13-14H2,1-2H3. The van der Waals surface area contributed by atoms with Crippen molar-refractivity contribution < 1.29 is 0 Å². The van der Waals surface area contributed by atoms with E-state index in [1.54, 1.807) is 6.20 Å². The van der Waals surface area contributed by atoms with Gasteiger partial charge in [-0.1, -0.05) is 71.6 Å². The molecule has 0 N–H and O–H groups in total. The number of hydrogen-bond acceptors (Lipinski definition) is 2. The molecule has 0 aromatic carbocycles. The highest BCUT2D eigenvalue weighted by Crippen LogP contribution is 2.21. The van der Waals surface area contributed by atoms with Gasteiger partial charge in [-0.2, -0.15) is 0 Å². The Morgan fingerprint density at radius 1 is 0.952 bits per heavy atom. The summed E-state index contributed by atoms with van der Waals surface area (Å²) in [5.41, 5.74) is -0.0912. The Labute approximate surface area is 129 Å². The summed E-state index contributed by atoms with van der Waals surface area (Å²) in [5.74, 6) is 0. The molecular formula is C18H32N2O. The van der Waals surface area contributed by atoms with E-state index in [4.69, 9.17) is 0 Å². The van der Waals surface area contributed by atoms with E-state index in [0.717, 1.165) is 12.8 Å². The van der Waals surface area contributed by atoms with E-state index >= 15 is 0 Å². The van der Waals surface area contributed by atoms with Crippen molar-refractivity contribution in [2.24, 2.45) is 0 Å². The molecule has 3 heteroatoms. The van der Waals surface area contributed by atoms with E-state index in [1.165, 1.54) is 57.8 Å². The van der Waals surface area contributed by atoms with Crippen LogP contribution in [0.15, 0.2) is 23.3 Å². The van der Waals surface area contributed by atoms with Gasteiger partial charge in [0.2, 0.25) is 0 Å². The predicted octanol–water partition coefficient (Wildman–Crippen LogP) is 5.12. The minimum atomic E-state index is -0.0912. The molecular weight excluding hydrogens is 260 g/mol. The van der Waals surface area contributed by atoms with Crippen LogP contribution in [0.3, 0.4) is 0 Å². The molecule has 0 saturated carbocycles. The van der Waals surface area contributed by atoms with Crippen molar-refractivity contribution in [3.8, 4) is 0 Å². The fraction of sp³-hybridized carbons (Fsp3) is 0.778. The first-order valence-corrected chi connectivity index (χ1v) is 8.82. The number of nitrogens with zero attached hydrogens (tertiary/aromatic N) is 2. The Bertz CT molecular complexity index is 414. The second-order valence-corrected chi connectivity index (χ2v) is 6.02. The SMILES string of the molecule is CCCCCCCC(CCCCCC)n1cccnc1=O. The second kappa shape index (κ2) is 11.5. The van der Waals surface area contributed by atoms with E-state index in [1.807, 2.05) is 16.8 Å². The van der Waals surface area contributed by atoms with E-state index in [2.05, 4.69) is 18.8 Å². The molecule has 21 heavy (non-hydrogen) atoms. The van der Waals surface area contributed by atoms with Gasteiger partial charge in [-0.3, -0.25) is 4.57 Å². The van der Waals surface area contributed by atoms with Crippen LogP contribution < -0.4 is 5.69 Å². The molecule has 0 radical (unpaired) electrons.